The van der Waals surface area contributed by atoms with Crippen LogP contribution in [0.25, 0.3) is 0 Å². The number of hydrogen-bond donors (Lipinski definition) is 1. The topological polar surface area (TPSA) is 50.7 Å². The molecule has 2 rings (SSSR count). The highest BCUT2D eigenvalue weighted by Crippen LogP contribution is 2.36. The van der Waals surface area contributed by atoms with Gasteiger partial charge in [0.15, 0.2) is 6.61 Å². The van der Waals surface area contributed by atoms with E-state index in [9.17, 15) is 4.79 Å². The number of carbonyl (C=O) groups excluding carboxylic acids is 1. The number of nitrogens with zero attached hydrogens (tertiary/aromatic N) is 1. The number of carbonyl (C=O) groups is 1. The van der Waals surface area contributed by atoms with Crippen molar-refractivity contribution in [1.82, 2.24) is 5.43 Å². The van der Waals surface area contributed by atoms with Gasteiger partial charge in [-0.15, -0.1) is 0 Å². The van der Waals surface area contributed by atoms with E-state index < -0.39 is 0 Å². The number of amides is 1. The molecule has 0 saturated heterocycles. The Bertz CT molecular complexity index is 605. The van der Waals surface area contributed by atoms with E-state index in [2.05, 4.69) is 31.3 Å². The van der Waals surface area contributed by atoms with Gasteiger partial charge in [0.05, 0.1) is 0 Å². The lowest BCUT2D eigenvalue weighted by Gasteiger charge is -2.34. The second kappa shape index (κ2) is 7.82. The first kappa shape index (κ1) is 18.5. The first-order chi connectivity index (χ1) is 11.3. The molecule has 0 heterocycles. The molecule has 132 valence electrons. The Balaban J connectivity index is 1.78. The quantitative estimate of drug-likeness (QED) is 0.832. The minimum absolute atomic E-state index is 0.00824. The third kappa shape index (κ3) is 5.36. The molecule has 0 bridgehead atoms. The molecule has 0 radical (unpaired) electrons. The van der Waals surface area contributed by atoms with Crippen molar-refractivity contribution >= 4 is 11.6 Å². The van der Waals surface area contributed by atoms with Gasteiger partial charge in [0.2, 0.25) is 0 Å². The number of aryl methyl sites for hydroxylation is 2. The molecule has 1 N–H and O–H groups in total. The fourth-order valence-corrected chi connectivity index (χ4v) is 3.11. The van der Waals surface area contributed by atoms with Gasteiger partial charge in [-0.1, -0.05) is 32.9 Å². The van der Waals surface area contributed by atoms with Crippen LogP contribution in [0.3, 0.4) is 0 Å². The maximum atomic E-state index is 11.9. The van der Waals surface area contributed by atoms with Crippen LogP contribution in [0.2, 0.25) is 0 Å². The standard InChI is InChI=1S/C20H30N2O2/c1-14-6-7-15(2)18(12-14)24-13-19(23)22-21-17-10-8-16(9-11-17)20(3,4)5/h6-7,12,16H,8-11,13H2,1-5H3,(H,22,23). The van der Waals surface area contributed by atoms with Gasteiger partial charge in [-0.05, 0) is 68.1 Å². The van der Waals surface area contributed by atoms with Gasteiger partial charge in [0, 0.05) is 5.71 Å². The third-order valence-electron chi connectivity index (χ3n) is 4.83. The van der Waals surface area contributed by atoms with E-state index >= 15 is 0 Å². The van der Waals surface area contributed by atoms with E-state index in [1.54, 1.807) is 0 Å². The van der Waals surface area contributed by atoms with E-state index in [1.165, 1.54) is 0 Å². The molecule has 1 aliphatic carbocycles. The molecule has 4 nitrogen and oxygen atoms in total. The van der Waals surface area contributed by atoms with Crippen LogP contribution in [-0.2, 0) is 4.79 Å². The molecule has 1 fully saturated rings. The highest BCUT2D eigenvalue weighted by atomic mass is 16.5. The van der Waals surface area contributed by atoms with Crippen LogP contribution in [-0.4, -0.2) is 18.2 Å². The molecule has 0 aliphatic heterocycles. The van der Waals surface area contributed by atoms with Gasteiger partial charge in [0.25, 0.3) is 5.91 Å². The van der Waals surface area contributed by atoms with E-state index in [0.717, 1.165) is 54.2 Å². The molecule has 4 heteroatoms. The largest absolute Gasteiger partial charge is 0.483 e. The van der Waals surface area contributed by atoms with Crippen molar-refractivity contribution in [3.05, 3.63) is 29.3 Å². The molecule has 0 atom stereocenters. The molecule has 1 amide bonds. The molecular formula is C20H30N2O2. The normalized spacial score (nSPS) is 18.2. The summed E-state index contributed by atoms with van der Waals surface area (Å²) in [6.07, 6.45) is 4.24. The van der Waals surface area contributed by atoms with Gasteiger partial charge < -0.3 is 4.74 Å². The highest BCUT2D eigenvalue weighted by molar-refractivity contribution is 5.87. The first-order valence-electron chi connectivity index (χ1n) is 8.80. The molecule has 0 unspecified atom stereocenters. The Labute approximate surface area is 145 Å². The van der Waals surface area contributed by atoms with E-state index in [-0.39, 0.29) is 12.5 Å². The number of nitrogens with one attached hydrogen (secondary N) is 1. The van der Waals surface area contributed by atoms with Crippen molar-refractivity contribution in [1.29, 1.82) is 0 Å². The summed E-state index contributed by atoms with van der Waals surface area (Å²) in [6, 6.07) is 5.97. The number of hydrazone groups is 1. The molecule has 1 aliphatic rings. The van der Waals surface area contributed by atoms with Gasteiger partial charge >= 0.3 is 0 Å². The van der Waals surface area contributed by atoms with Crippen molar-refractivity contribution in [2.75, 3.05) is 6.61 Å². The fourth-order valence-electron chi connectivity index (χ4n) is 3.11. The maximum absolute atomic E-state index is 11.9. The summed E-state index contributed by atoms with van der Waals surface area (Å²) in [5.74, 6) is 1.28. The number of rotatable bonds is 4. The smallest absolute Gasteiger partial charge is 0.277 e. The van der Waals surface area contributed by atoms with Crippen molar-refractivity contribution < 1.29 is 9.53 Å². The molecule has 0 aromatic heterocycles. The Morgan fingerprint density at radius 3 is 2.54 bits per heavy atom. The summed E-state index contributed by atoms with van der Waals surface area (Å²) in [7, 11) is 0. The predicted octanol–water partition coefficient (Wildman–Crippen LogP) is 4.39. The summed E-state index contributed by atoms with van der Waals surface area (Å²) in [5.41, 5.74) is 6.23. The SMILES string of the molecule is Cc1ccc(C)c(OCC(=O)NN=C2CCC(C(C)(C)C)CC2)c1. The van der Waals surface area contributed by atoms with Crippen LogP contribution in [0.4, 0.5) is 0 Å². The van der Waals surface area contributed by atoms with Crippen LogP contribution >= 0.6 is 0 Å². The fraction of sp³-hybridized carbons (Fsp3) is 0.600. The Hall–Kier alpha value is -1.84. The lowest BCUT2D eigenvalue weighted by atomic mass is 9.72. The van der Waals surface area contributed by atoms with Crippen LogP contribution < -0.4 is 10.2 Å². The van der Waals surface area contributed by atoms with Crippen molar-refractivity contribution in [3.63, 3.8) is 0 Å². The third-order valence-corrected chi connectivity index (χ3v) is 4.83. The average molecular weight is 330 g/mol. The summed E-state index contributed by atoms with van der Waals surface area (Å²) in [4.78, 5) is 11.9. The van der Waals surface area contributed by atoms with Gasteiger partial charge in [0.1, 0.15) is 5.75 Å². The zero-order chi connectivity index (χ0) is 17.7. The molecule has 1 aromatic carbocycles. The zero-order valence-corrected chi connectivity index (χ0v) is 15.6. The molecule has 1 saturated carbocycles. The molecule has 24 heavy (non-hydrogen) atoms. The summed E-state index contributed by atoms with van der Waals surface area (Å²) < 4.78 is 5.60. The average Bonchev–Trinajstić information content (AvgIpc) is 2.53. The molecule has 0 spiro atoms. The Kier molecular flexibility index (Phi) is 6.03. The van der Waals surface area contributed by atoms with E-state index in [1.807, 2.05) is 32.0 Å². The van der Waals surface area contributed by atoms with Crippen molar-refractivity contribution in [2.45, 2.75) is 60.3 Å². The second-order valence-electron chi connectivity index (χ2n) is 7.91. The number of ether oxygens (including phenoxy) is 1. The first-order valence-corrected chi connectivity index (χ1v) is 8.80. The molecule has 1 aromatic rings. The van der Waals surface area contributed by atoms with E-state index in [4.69, 9.17) is 4.74 Å². The monoisotopic (exact) mass is 330 g/mol. The number of benzene rings is 1. The molecular weight excluding hydrogens is 300 g/mol. The minimum Gasteiger partial charge on any atom is -0.483 e. The summed E-state index contributed by atoms with van der Waals surface area (Å²) in [6.45, 7) is 10.9. The predicted molar refractivity (Wildman–Crippen MR) is 98.4 cm³/mol. The summed E-state index contributed by atoms with van der Waals surface area (Å²) >= 11 is 0. The minimum atomic E-state index is -0.207. The van der Waals surface area contributed by atoms with Gasteiger partial charge in [-0.2, -0.15) is 5.10 Å². The van der Waals surface area contributed by atoms with Crippen molar-refractivity contribution in [2.24, 2.45) is 16.4 Å². The zero-order valence-electron chi connectivity index (χ0n) is 15.6. The van der Waals surface area contributed by atoms with Crippen LogP contribution in [0.5, 0.6) is 5.75 Å². The maximum Gasteiger partial charge on any atom is 0.277 e. The lowest BCUT2D eigenvalue weighted by Crippen LogP contribution is -2.29. The van der Waals surface area contributed by atoms with Crippen LogP contribution in [0, 0.1) is 25.2 Å². The Morgan fingerprint density at radius 1 is 1.25 bits per heavy atom. The Morgan fingerprint density at radius 2 is 1.92 bits per heavy atom. The van der Waals surface area contributed by atoms with Crippen LogP contribution in [0.15, 0.2) is 23.3 Å². The van der Waals surface area contributed by atoms with Crippen molar-refractivity contribution in [3.8, 4) is 5.75 Å². The van der Waals surface area contributed by atoms with E-state index in [0.29, 0.717) is 5.41 Å². The van der Waals surface area contributed by atoms with Gasteiger partial charge in [-0.25, -0.2) is 5.43 Å². The van der Waals surface area contributed by atoms with Crippen LogP contribution in [0.1, 0.15) is 57.6 Å². The number of hydrogen-bond acceptors (Lipinski definition) is 3. The lowest BCUT2D eigenvalue weighted by molar-refractivity contribution is -0.123. The van der Waals surface area contributed by atoms with Gasteiger partial charge in [-0.3, -0.25) is 4.79 Å². The summed E-state index contributed by atoms with van der Waals surface area (Å²) in [5, 5.41) is 4.29. The highest BCUT2D eigenvalue weighted by Gasteiger charge is 2.28. The second-order valence-corrected chi connectivity index (χ2v) is 7.91.